The number of hydrogen-bond donors (Lipinski definition) is 0. The van der Waals surface area contributed by atoms with E-state index in [0.29, 0.717) is 6.61 Å². The normalized spacial score (nSPS) is 19.1. The number of aryl methyl sites for hydroxylation is 1. The van der Waals surface area contributed by atoms with Gasteiger partial charge in [-0.3, -0.25) is 4.68 Å². The summed E-state index contributed by atoms with van der Waals surface area (Å²) >= 11 is 0. The molecule has 0 bridgehead atoms. The van der Waals surface area contributed by atoms with Gasteiger partial charge in [-0.1, -0.05) is 12.1 Å². The van der Waals surface area contributed by atoms with Crippen LogP contribution in [0.1, 0.15) is 33.3 Å². The summed E-state index contributed by atoms with van der Waals surface area (Å²) in [6, 6.07) is 7.86. The molecule has 23 heavy (non-hydrogen) atoms. The fourth-order valence-electron chi connectivity index (χ4n) is 2.44. The average molecular weight is 314 g/mol. The number of ether oxygens (including phenoxy) is 1. The minimum absolute atomic E-state index is 0.343. The van der Waals surface area contributed by atoms with Crippen molar-refractivity contribution in [1.29, 1.82) is 0 Å². The van der Waals surface area contributed by atoms with Crippen molar-refractivity contribution in [2.45, 2.75) is 45.5 Å². The van der Waals surface area contributed by atoms with Gasteiger partial charge < -0.3 is 14.0 Å². The summed E-state index contributed by atoms with van der Waals surface area (Å²) in [5, 5.41) is 4.14. The predicted octanol–water partition coefficient (Wildman–Crippen LogP) is 2.30. The maximum absolute atomic E-state index is 6.08. The molecule has 1 aliphatic heterocycles. The Labute approximate surface area is 137 Å². The monoisotopic (exact) mass is 314 g/mol. The van der Waals surface area contributed by atoms with Crippen LogP contribution in [-0.4, -0.2) is 28.1 Å². The van der Waals surface area contributed by atoms with Gasteiger partial charge in [-0.2, -0.15) is 5.10 Å². The van der Waals surface area contributed by atoms with Crippen LogP contribution >= 0.6 is 0 Å². The van der Waals surface area contributed by atoms with E-state index in [2.05, 4.69) is 32.8 Å². The summed E-state index contributed by atoms with van der Waals surface area (Å²) in [7, 11) is 1.52. The molecule has 0 saturated carbocycles. The van der Waals surface area contributed by atoms with E-state index in [1.807, 2.05) is 37.5 Å². The fraction of sp³-hybridized carbons (Fsp3) is 0.471. The topological polar surface area (TPSA) is 45.5 Å². The molecule has 5 nitrogen and oxygen atoms in total. The molecule has 0 spiro atoms. The summed E-state index contributed by atoms with van der Waals surface area (Å²) < 4.78 is 19.8. The highest BCUT2D eigenvalue weighted by Crippen LogP contribution is 2.36. The van der Waals surface area contributed by atoms with Crippen LogP contribution in [-0.2, 0) is 23.0 Å². The van der Waals surface area contributed by atoms with Crippen LogP contribution in [0.2, 0.25) is 0 Å². The first-order valence-electron chi connectivity index (χ1n) is 7.83. The van der Waals surface area contributed by atoms with E-state index in [9.17, 15) is 0 Å². The van der Waals surface area contributed by atoms with Gasteiger partial charge in [0.05, 0.1) is 17.4 Å². The minimum Gasteiger partial charge on any atom is -0.489 e. The molecule has 0 radical (unpaired) electrons. The molecule has 1 aliphatic rings. The van der Waals surface area contributed by atoms with E-state index in [1.165, 1.54) is 0 Å². The van der Waals surface area contributed by atoms with Gasteiger partial charge in [0, 0.05) is 18.8 Å². The highest BCUT2D eigenvalue weighted by Gasteiger charge is 2.51. The molecule has 2 heterocycles. The lowest BCUT2D eigenvalue weighted by Crippen LogP contribution is -2.41. The number of rotatable bonds is 4. The van der Waals surface area contributed by atoms with Crippen LogP contribution in [0.15, 0.2) is 36.7 Å². The Morgan fingerprint density at radius 1 is 1.17 bits per heavy atom. The van der Waals surface area contributed by atoms with Gasteiger partial charge in [0.15, 0.2) is 0 Å². The molecule has 0 unspecified atom stereocenters. The average Bonchev–Trinajstić information content (AvgIpc) is 2.98. The summed E-state index contributed by atoms with van der Waals surface area (Å²) in [6.07, 6.45) is 3.75. The van der Waals surface area contributed by atoms with Crippen molar-refractivity contribution in [1.82, 2.24) is 9.78 Å². The van der Waals surface area contributed by atoms with Gasteiger partial charge in [0.25, 0.3) is 0 Å². The largest absolute Gasteiger partial charge is 0.494 e. The number of hydrogen-bond acceptors (Lipinski definition) is 4. The van der Waals surface area contributed by atoms with Crippen LogP contribution in [0.4, 0.5) is 0 Å². The van der Waals surface area contributed by atoms with E-state index in [-0.39, 0.29) is 18.3 Å². The van der Waals surface area contributed by atoms with E-state index in [4.69, 9.17) is 14.0 Å². The highest BCUT2D eigenvalue weighted by molar-refractivity contribution is 6.62. The minimum atomic E-state index is -0.373. The molecule has 0 N–H and O–H groups in total. The Hall–Kier alpha value is -1.79. The summed E-state index contributed by atoms with van der Waals surface area (Å²) in [4.78, 5) is 0. The van der Waals surface area contributed by atoms with Gasteiger partial charge in [-0.15, -0.1) is 0 Å². The second-order valence-electron chi connectivity index (χ2n) is 6.97. The quantitative estimate of drug-likeness (QED) is 0.813. The van der Waals surface area contributed by atoms with Crippen LogP contribution in [0.5, 0.6) is 5.75 Å². The Bertz CT molecular complexity index is 681. The molecule has 0 aliphatic carbocycles. The molecular weight excluding hydrogens is 291 g/mol. The maximum Gasteiger partial charge on any atom is 0.494 e. The molecule has 0 amide bonds. The van der Waals surface area contributed by atoms with Crippen molar-refractivity contribution in [2.24, 2.45) is 7.05 Å². The van der Waals surface area contributed by atoms with Crippen molar-refractivity contribution in [3.8, 4) is 5.75 Å². The van der Waals surface area contributed by atoms with Gasteiger partial charge in [0.2, 0.25) is 0 Å². The molecule has 1 saturated heterocycles. The number of nitrogens with zero attached hydrogens (tertiary/aromatic N) is 2. The van der Waals surface area contributed by atoms with Crippen LogP contribution in [0, 0.1) is 0 Å². The Morgan fingerprint density at radius 3 is 2.48 bits per heavy atom. The lowest BCUT2D eigenvalue weighted by atomic mass is 9.79. The van der Waals surface area contributed by atoms with E-state index in [0.717, 1.165) is 16.8 Å². The molecule has 0 atom stereocenters. The summed E-state index contributed by atoms with van der Waals surface area (Å²) in [5.74, 6) is 0.793. The van der Waals surface area contributed by atoms with Crippen molar-refractivity contribution in [3.05, 3.63) is 42.2 Å². The van der Waals surface area contributed by atoms with E-state index < -0.39 is 0 Å². The van der Waals surface area contributed by atoms with Crippen molar-refractivity contribution in [3.63, 3.8) is 0 Å². The fourth-order valence-corrected chi connectivity index (χ4v) is 2.44. The van der Waals surface area contributed by atoms with Gasteiger partial charge in [-0.25, -0.2) is 0 Å². The van der Waals surface area contributed by atoms with Gasteiger partial charge in [-0.05, 0) is 45.3 Å². The van der Waals surface area contributed by atoms with Crippen LogP contribution in [0.3, 0.4) is 0 Å². The van der Waals surface area contributed by atoms with Crippen molar-refractivity contribution in [2.75, 3.05) is 0 Å². The number of benzene rings is 1. The third-order valence-corrected chi connectivity index (χ3v) is 4.55. The Morgan fingerprint density at radius 2 is 1.87 bits per heavy atom. The second-order valence-corrected chi connectivity index (χ2v) is 6.97. The molecule has 1 aromatic heterocycles. The summed E-state index contributed by atoms with van der Waals surface area (Å²) in [6.45, 7) is 8.69. The van der Waals surface area contributed by atoms with E-state index >= 15 is 0 Å². The third kappa shape index (κ3) is 3.28. The van der Waals surface area contributed by atoms with Crippen molar-refractivity contribution < 1.29 is 14.0 Å². The van der Waals surface area contributed by atoms with Gasteiger partial charge >= 0.3 is 7.12 Å². The zero-order chi connectivity index (χ0) is 16.7. The zero-order valence-electron chi connectivity index (χ0n) is 14.4. The Balaban J connectivity index is 1.71. The smallest absolute Gasteiger partial charge is 0.489 e. The molecule has 1 fully saturated rings. The maximum atomic E-state index is 6.08. The van der Waals surface area contributed by atoms with E-state index in [1.54, 1.807) is 10.9 Å². The van der Waals surface area contributed by atoms with Crippen LogP contribution in [0.25, 0.3) is 0 Å². The lowest BCUT2D eigenvalue weighted by Gasteiger charge is -2.32. The molecular formula is C17H23BN2O3. The SMILES string of the molecule is Cn1cc(COc2cccc(B3OC(C)(C)C(C)(C)O3)c2)cn1. The van der Waals surface area contributed by atoms with Crippen molar-refractivity contribution >= 4 is 12.6 Å². The molecule has 1 aromatic carbocycles. The highest BCUT2D eigenvalue weighted by atomic mass is 16.7. The molecule has 122 valence electrons. The lowest BCUT2D eigenvalue weighted by molar-refractivity contribution is 0.00578. The first-order chi connectivity index (χ1) is 10.8. The standard InChI is InChI=1S/C17H23BN2O3/c1-16(2)17(3,4)23-18(22-16)14-7-6-8-15(9-14)21-12-13-10-19-20(5)11-13/h6-11H,12H2,1-5H3. The van der Waals surface area contributed by atoms with Crippen LogP contribution < -0.4 is 10.2 Å². The molecule has 6 heteroatoms. The third-order valence-electron chi connectivity index (χ3n) is 4.55. The first-order valence-corrected chi connectivity index (χ1v) is 7.83. The first kappa shape index (κ1) is 16.1. The molecule has 2 aromatic rings. The Kier molecular flexibility index (Phi) is 3.98. The predicted molar refractivity (Wildman–Crippen MR) is 89.7 cm³/mol. The molecule has 3 rings (SSSR count). The number of aromatic nitrogens is 2. The van der Waals surface area contributed by atoms with Gasteiger partial charge in [0.1, 0.15) is 12.4 Å². The zero-order valence-corrected chi connectivity index (χ0v) is 14.4. The second kappa shape index (κ2) is 5.69. The summed E-state index contributed by atoms with van der Waals surface area (Å²) in [5.41, 5.74) is 1.31.